The quantitative estimate of drug-likeness (QED) is 0.547. The minimum atomic E-state index is 0.0806. The summed E-state index contributed by atoms with van der Waals surface area (Å²) in [6.45, 7) is 1.63. The van der Waals surface area contributed by atoms with E-state index in [-0.39, 0.29) is 12.1 Å². The zero-order valence-corrected chi connectivity index (χ0v) is 4.60. The van der Waals surface area contributed by atoms with Crippen LogP contribution in [0.5, 0.6) is 0 Å². The Morgan fingerprint density at radius 1 is 1.88 bits per heavy atom. The summed E-state index contributed by atoms with van der Waals surface area (Å²) in [4.78, 5) is 0. The van der Waals surface area contributed by atoms with Gasteiger partial charge in [-0.3, -0.25) is 0 Å². The van der Waals surface area contributed by atoms with E-state index in [1.165, 1.54) is 12.1 Å². The van der Waals surface area contributed by atoms with E-state index < -0.39 is 0 Å². The van der Waals surface area contributed by atoms with Gasteiger partial charge in [0.2, 0.25) is 0 Å². The Balaban J connectivity index is 3.27. The molecular formula is C7H9N. The van der Waals surface area contributed by atoms with Crippen molar-refractivity contribution in [1.82, 2.24) is 0 Å². The van der Waals surface area contributed by atoms with Gasteiger partial charge < -0.3 is 5.72 Å². The lowest BCUT2D eigenvalue weighted by Crippen LogP contribution is -1.85. The first kappa shape index (κ1) is 2.09. The van der Waals surface area contributed by atoms with Crippen LogP contribution < -0.4 is 5.72 Å². The SMILES string of the molecule is [2H]c1ccc(N([2H])[2H])c(C)c1[2H]. The predicted molar refractivity (Wildman–Crippen MR) is 35.6 cm³/mol. The van der Waals surface area contributed by atoms with Crippen LogP contribution in [-0.4, -0.2) is 0 Å². The minimum absolute atomic E-state index is 0.0806. The summed E-state index contributed by atoms with van der Waals surface area (Å²) in [5.74, 6) is 0. The fraction of sp³-hybridized carbons (Fsp3) is 0.143. The molecule has 0 radical (unpaired) electrons. The van der Waals surface area contributed by atoms with Crippen molar-refractivity contribution in [3.63, 3.8) is 0 Å². The maximum absolute atomic E-state index is 7.40. The second-order valence-corrected chi connectivity index (χ2v) is 1.61. The molecule has 1 aromatic carbocycles. The molecule has 0 aliphatic rings. The Kier molecular flexibility index (Phi) is 0.488. The second kappa shape index (κ2) is 1.86. The molecule has 0 saturated heterocycles. The fourth-order valence-electron chi connectivity index (χ4n) is 0.460. The van der Waals surface area contributed by atoms with Crippen LogP contribution >= 0.6 is 0 Å². The van der Waals surface area contributed by atoms with Crippen molar-refractivity contribution >= 4 is 5.69 Å². The smallest absolute Gasteiger partial charge is 0.156 e. The van der Waals surface area contributed by atoms with E-state index in [9.17, 15) is 0 Å². The highest BCUT2D eigenvalue weighted by Crippen LogP contribution is 2.06. The maximum atomic E-state index is 7.40. The molecular weight excluding hydrogens is 98.1 g/mol. The van der Waals surface area contributed by atoms with Crippen LogP contribution in [0.1, 0.15) is 8.30 Å². The molecule has 42 valence electrons. The number of rotatable bonds is 1. The van der Waals surface area contributed by atoms with Crippen LogP contribution in [-0.2, 0) is 0 Å². The molecule has 8 heavy (non-hydrogen) atoms. The van der Waals surface area contributed by atoms with Crippen molar-refractivity contribution in [1.29, 1.82) is 0 Å². The van der Waals surface area contributed by atoms with Gasteiger partial charge in [0, 0.05) is 5.69 Å². The van der Waals surface area contributed by atoms with Crippen LogP contribution in [0, 0.1) is 6.92 Å². The second-order valence-electron chi connectivity index (χ2n) is 1.61. The molecule has 1 heteroatoms. The summed E-state index contributed by atoms with van der Waals surface area (Å²) in [6.07, 6.45) is 0. The average molecular weight is 111 g/mol. The van der Waals surface area contributed by atoms with Crippen LogP contribution in [0.3, 0.4) is 0 Å². The van der Waals surface area contributed by atoms with E-state index in [0.717, 1.165) is 0 Å². The largest absolute Gasteiger partial charge is 0.399 e. The van der Waals surface area contributed by atoms with E-state index in [0.29, 0.717) is 17.0 Å². The van der Waals surface area contributed by atoms with Crippen LogP contribution in [0.2, 0.25) is 2.82 Å². The fourth-order valence-corrected chi connectivity index (χ4v) is 0.460. The summed E-state index contributed by atoms with van der Waals surface area (Å²) < 4.78 is 28.6. The maximum Gasteiger partial charge on any atom is 0.156 e. The highest BCUT2D eigenvalue weighted by atomic mass is 14.5. The van der Waals surface area contributed by atoms with Gasteiger partial charge in [0.1, 0.15) is 0 Å². The molecule has 1 nitrogen and oxygen atoms in total. The van der Waals surface area contributed by atoms with Gasteiger partial charge in [0.15, 0.2) is 2.82 Å². The molecule has 0 unspecified atom stereocenters. The molecule has 0 atom stereocenters. The standard InChI is InChI=1S/C7H9N/c1-6-4-2-3-5-7(6)8/h2-5H,8H2,1H3/i2D,4D/hD2. The van der Waals surface area contributed by atoms with Crippen LogP contribution in [0.4, 0.5) is 5.69 Å². The molecule has 0 spiro atoms. The molecule has 0 heterocycles. The molecule has 2 N–H and O–H groups in total. The molecule has 0 fully saturated rings. The van der Waals surface area contributed by atoms with Crippen molar-refractivity contribution in [2.45, 2.75) is 6.92 Å². The van der Waals surface area contributed by atoms with E-state index in [1.807, 2.05) is 0 Å². The Hall–Kier alpha value is -0.980. The molecule has 0 aliphatic heterocycles. The van der Waals surface area contributed by atoms with Gasteiger partial charge in [0.05, 0.1) is 2.74 Å². The van der Waals surface area contributed by atoms with Crippen molar-refractivity contribution < 1.29 is 5.57 Å². The topological polar surface area (TPSA) is 26.0 Å². The molecule has 0 aliphatic carbocycles. The Morgan fingerprint density at radius 2 is 2.75 bits per heavy atom. The molecule has 0 aromatic heterocycles. The number of nitrogens with two attached hydrogens (primary N) is 1. The molecule has 0 amide bonds. The Labute approximate surface area is 54.9 Å². The van der Waals surface area contributed by atoms with Crippen molar-refractivity contribution in [2.75, 3.05) is 5.72 Å². The van der Waals surface area contributed by atoms with Gasteiger partial charge in [-0.2, -0.15) is 0 Å². The normalized spacial score (nSPS) is 15.6. The van der Waals surface area contributed by atoms with Crippen LogP contribution in [0.25, 0.3) is 0 Å². The first-order valence-corrected chi connectivity index (χ1v) is 2.38. The highest BCUT2D eigenvalue weighted by Gasteiger charge is 1.84. The number of para-hydroxylation sites is 1. The number of benzene rings is 1. The van der Waals surface area contributed by atoms with Crippen LogP contribution in [0.15, 0.2) is 24.2 Å². The zero-order chi connectivity index (χ0) is 9.30. The number of nitrogen functional groups attached to an aromatic ring is 1. The lowest BCUT2D eigenvalue weighted by molar-refractivity contribution is 1.47. The summed E-state index contributed by atoms with van der Waals surface area (Å²) >= 11 is 0. The third kappa shape index (κ3) is 0.808. The first-order valence-electron chi connectivity index (χ1n) is 4.28. The third-order valence-electron chi connectivity index (χ3n) is 0.968. The summed E-state index contributed by atoms with van der Waals surface area (Å²) in [5, 5.41) is 0. The number of anilines is 1. The zero-order valence-electron chi connectivity index (χ0n) is 8.60. The molecule has 0 bridgehead atoms. The Morgan fingerprint density at radius 3 is 3.50 bits per heavy atom. The van der Waals surface area contributed by atoms with Crippen molar-refractivity contribution in [3.8, 4) is 0 Å². The predicted octanol–water partition coefficient (Wildman–Crippen LogP) is 1.58. The summed E-state index contributed by atoms with van der Waals surface area (Å²) in [6, 6.07) is 3.12. The van der Waals surface area contributed by atoms with Gasteiger partial charge in [-0.25, -0.2) is 0 Å². The number of hydrogen-bond acceptors (Lipinski definition) is 1. The number of hydrogen-bond donors (Lipinski definition) is 1. The minimum Gasteiger partial charge on any atom is -0.399 e. The lowest BCUT2D eigenvalue weighted by Gasteiger charge is -1.93. The summed E-state index contributed by atoms with van der Waals surface area (Å²) in [5.41, 5.74) is 1.29. The van der Waals surface area contributed by atoms with Gasteiger partial charge in [-0.05, 0) is 18.6 Å². The third-order valence-corrected chi connectivity index (χ3v) is 0.968. The molecule has 0 saturated carbocycles. The van der Waals surface area contributed by atoms with E-state index in [1.54, 1.807) is 6.92 Å². The first-order chi connectivity index (χ1) is 5.54. The highest BCUT2D eigenvalue weighted by molar-refractivity contribution is 5.44. The van der Waals surface area contributed by atoms with E-state index in [2.05, 4.69) is 0 Å². The molecule has 1 aromatic rings. The van der Waals surface area contributed by atoms with E-state index >= 15 is 0 Å². The monoisotopic (exact) mass is 111 g/mol. The van der Waals surface area contributed by atoms with Crippen molar-refractivity contribution in [2.24, 2.45) is 0 Å². The van der Waals surface area contributed by atoms with Gasteiger partial charge in [-0.1, -0.05) is 18.2 Å². The van der Waals surface area contributed by atoms with E-state index in [4.69, 9.17) is 5.57 Å². The van der Waals surface area contributed by atoms with Crippen molar-refractivity contribution in [3.05, 3.63) is 29.8 Å². The average Bonchev–Trinajstić information content (AvgIpc) is 2.00. The lowest BCUT2D eigenvalue weighted by atomic mass is 10.2. The van der Waals surface area contributed by atoms with Gasteiger partial charge in [-0.15, -0.1) is 0 Å². The summed E-state index contributed by atoms with van der Waals surface area (Å²) in [7, 11) is 0. The van der Waals surface area contributed by atoms with Gasteiger partial charge in [0.25, 0.3) is 0 Å². The molecule has 1 rings (SSSR count). The van der Waals surface area contributed by atoms with Gasteiger partial charge >= 0.3 is 0 Å². The Bertz CT molecular complexity index is 298.